The average Bonchev–Trinajstić information content (AvgIpc) is 3.52. The van der Waals surface area contributed by atoms with E-state index in [-0.39, 0.29) is 11.8 Å². The zero-order chi connectivity index (χ0) is 25.5. The van der Waals surface area contributed by atoms with E-state index in [0.717, 1.165) is 36.9 Å². The van der Waals surface area contributed by atoms with Gasteiger partial charge in [0.05, 0.1) is 37.2 Å². The molecule has 1 aromatic carbocycles. The number of fused-ring (bicyclic) bond motifs is 1. The first-order valence-corrected chi connectivity index (χ1v) is 12.7. The van der Waals surface area contributed by atoms with Gasteiger partial charge >= 0.3 is 5.97 Å². The van der Waals surface area contributed by atoms with Crippen LogP contribution in [0.3, 0.4) is 0 Å². The molecule has 4 rings (SSSR count). The zero-order valence-corrected chi connectivity index (χ0v) is 21.4. The lowest BCUT2D eigenvalue weighted by Gasteiger charge is -2.12. The molecule has 0 spiro atoms. The summed E-state index contributed by atoms with van der Waals surface area (Å²) >= 11 is 0. The van der Waals surface area contributed by atoms with Crippen molar-refractivity contribution in [2.45, 2.75) is 46.1 Å². The lowest BCUT2D eigenvalue weighted by Crippen LogP contribution is -2.24. The van der Waals surface area contributed by atoms with Gasteiger partial charge in [0.25, 0.3) is 0 Å². The highest BCUT2D eigenvalue weighted by Gasteiger charge is 2.29. The van der Waals surface area contributed by atoms with Gasteiger partial charge in [-0.3, -0.25) is 4.79 Å². The molecule has 1 fully saturated rings. The Morgan fingerprint density at radius 3 is 2.75 bits per heavy atom. The standard InChI is InChI=1S/C28H36N4O4/c1-19(2)11-13-29-22-16-23-24(31-27(33)21-12-15-36-18-21)25(28(34)35-3)32(26(23)30-17-22)14-7-10-20-8-5-4-6-9-20/h4-6,8-9,16-17,19,21,29H,7,10-15,18H2,1-3H3,(H,31,33). The maximum Gasteiger partial charge on any atom is 0.356 e. The minimum Gasteiger partial charge on any atom is -0.464 e. The van der Waals surface area contributed by atoms with E-state index in [1.807, 2.05) is 28.8 Å². The Kier molecular flexibility index (Phi) is 8.59. The number of nitrogens with zero attached hydrogens (tertiary/aromatic N) is 2. The SMILES string of the molecule is COC(=O)c1c(NC(=O)C2CCOC2)c2cc(NCCC(C)C)cnc2n1CCCc1ccccc1. The van der Waals surface area contributed by atoms with Gasteiger partial charge in [-0.15, -0.1) is 0 Å². The fourth-order valence-electron chi connectivity index (χ4n) is 4.53. The third-order valence-corrected chi connectivity index (χ3v) is 6.57. The van der Waals surface area contributed by atoms with Crippen LogP contribution < -0.4 is 10.6 Å². The predicted octanol–water partition coefficient (Wildman–Crippen LogP) is 4.89. The highest BCUT2D eigenvalue weighted by Crippen LogP contribution is 2.34. The van der Waals surface area contributed by atoms with E-state index in [1.165, 1.54) is 12.7 Å². The molecule has 0 aliphatic carbocycles. The van der Waals surface area contributed by atoms with Crippen molar-refractivity contribution in [3.05, 3.63) is 53.9 Å². The number of rotatable bonds is 11. The minimum absolute atomic E-state index is 0.154. The maximum atomic E-state index is 13.1. The average molecular weight is 493 g/mol. The molecule has 8 heteroatoms. The number of methoxy groups -OCH3 is 1. The Labute approximate surface area is 212 Å². The number of carbonyl (C=O) groups excluding carboxylic acids is 2. The molecule has 0 saturated carbocycles. The molecule has 1 aliphatic rings. The van der Waals surface area contributed by atoms with Gasteiger partial charge < -0.3 is 24.7 Å². The fraction of sp³-hybridized carbons (Fsp3) is 0.464. The van der Waals surface area contributed by atoms with Crippen molar-refractivity contribution < 1.29 is 19.1 Å². The van der Waals surface area contributed by atoms with E-state index in [2.05, 4.69) is 36.6 Å². The van der Waals surface area contributed by atoms with Gasteiger partial charge in [0, 0.05) is 25.1 Å². The molecule has 1 saturated heterocycles. The molecule has 1 amide bonds. The summed E-state index contributed by atoms with van der Waals surface area (Å²) in [6.45, 7) is 6.69. The van der Waals surface area contributed by atoms with Crippen LogP contribution in [0.2, 0.25) is 0 Å². The molecular weight excluding hydrogens is 456 g/mol. The van der Waals surface area contributed by atoms with Crippen molar-refractivity contribution in [1.29, 1.82) is 0 Å². The van der Waals surface area contributed by atoms with Crippen LogP contribution in [0.5, 0.6) is 0 Å². The summed E-state index contributed by atoms with van der Waals surface area (Å²) in [5.74, 6) is -0.319. The van der Waals surface area contributed by atoms with Gasteiger partial charge in [0.1, 0.15) is 5.65 Å². The molecular formula is C28H36N4O4. The summed E-state index contributed by atoms with van der Waals surface area (Å²) in [6.07, 6.45) is 5.13. The molecule has 0 radical (unpaired) electrons. The first kappa shape index (κ1) is 25.7. The number of ether oxygens (including phenoxy) is 2. The number of nitrogens with one attached hydrogen (secondary N) is 2. The number of aromatic nitrogens is 2. The first-order valence-electron chi connectivity index (χ1n) is 12.7. The highest BCUT2D eigenvalue weighted by atomic mass is 16.5. The van der Waals surface area contributed by atoms with Gasteiger partial charge in [0.2, 0.25) is 5.91 Å². The number of hydrogen-bond acceptors (Lipinski definition) is 6. The van der Waals surface area contributed by atoms with Crippen LogP contribution in [0.1, 0.15) is 49.2 Å². The van der Waals surface area contributed by atoms with Crippen molar-refractivity contribution >= 4 is 34.3 Å². The molecule has 36 heavy (non-hydrogen) atoms. The van der Waals surface area contributed by atoms with Crippen LogP contribution in [0.15, 0.2) is 42.6 Å². The minimum atomic E-state index is -0.500. The molecule has 1 atom stereocenters. The van der Waals surface area contributed by atoms with E-state index >= 15 is 0 Å². The first-order chi connectivity index (χ1) is 17.5. The quantitative estimate of drug-likeness (QED) is 0.370. The van der Waals surface area contributed by atoms with Crippen LogP contribution >= 0.6 is 0 Å². The number of pyridine rings is 1. The van der Waals surface area contributed by atoms with Crippen LogP contribution in [0, 0.1) is 11.8 Å². The Bertz CT molecular complexity index is 1180. The van der Waals surface area contributed by atoms with Crippen molar-refractivity contribution in [1.82, 2.24) is 9.55 Å². The summed E-state index contributed by atoms with van der Waals surface area (Å²) in [7, 11) is 1.36. The number of benzene rings is 1. The molecule has 192 valence electrons. The smallest absolute Gasteiger partial charge is 0.356 e. The van der Waals surface area contributed by atoms with E-state index in [4.69, 9.17) is 14.5 Å². The number of hydrogen-bond donors (Lipinski definition) is 2. The van der Waals surface area contributed by atoms with Crippen LogP contribution in [-0.4, -0.2) is 48.3 Å². The van der Waals surface area contributed by atoms with Crippen molar-refractivity contribution in [3.8, 4) is 0 Å². The van der Waals surface area contributed by atoms with Gasteiger partial charge in [-0.1, -0.05) is 44.2 Å². The monoisotopic (exact) mass is 492 g/mol. The Hall–Kier alpha value is -3.39. The predicted molar refractivity (Wildman–Crippen MR) is 141 cm³/mol. The molecule has 3 heterocycles. The number of esters is 1. The fourth-order valence-corrected chi connectivity index (χ4v) is 4.53. The van der Waals surface area contributed by atoms with Gasteiger partial charge in [0.15, 0.2) is 5.69 Å². The normalized spacial score (nSPS) is 15.4. The second-order valence-electron chi connectivity index (χ2n) is 9.71. The van der Waals surface area contributed by atoms with Gasteiger partial charge in [-0.25, -0.2) is 9.78 Å². The summed E-state index contributed by atoms with van der Waals surface area (Å²) in [5.41, 5.74) is 3.50. The van der Waals surface area contributed by atoms with E-state index in [9.17, 15) is 9.59 Å². The summed E-state index contributed by atoms with van der Waals surface area (Å²) in [6, 6.07) is 12.2. The Morgan fingerprint density at radius 2 is 2.06 bits per heavy atom. The molecule has 2 N–H and O–H groups in total. The lowest BCUT2D eigenvalue weighted by molar-refractivity contribution is -0.119. The van der Waals surface area contributed by atoms with Gasteiger partial charge in [-0.05, 0) is 43.2 Å². The van der Waals surface area contributed by atoms with E-state index < -0.39 is 5.97 Å². The van der Waals surface area contributed by atoms with Crippen molar-refractivity contribution in [2.75, 3.05) is 37.5 Å². The molecule has 1 unspecified atom stereocenters. The maximum absolute atomic E-state index is 13.1. The molecule has 3 aromatic rings. The number of aryl methyl sites for hydroxylation is 2. The summed E-state index contributed by atoms with van der Waals surface area (Å²) < 4.78 is 12.4. The van der Waals surface area contributed by atoms with E-state index in [1.54, 1.807) is 6.20 Å². The summed E-state index contributed by atoms with van der Waals surface area (Å²) in [5, 5.41) is 7.17. The van der Waals surface area contributed by atoms with Crippen LogP contribution in [0.25, 0.3) is 11.0 Å². The van der Waals surface area contributed by atoms with Crippen molar-refractivity contribution in [3.63, 3.8) is 0 Å². The molecule has 8 nitrogen and oxygen atoms in total. The molecule has 0 bridgehead atoms. The second kappa shape index (κ2) is 12.0. The lowest BCUT2D eigenvalue weighted by atomic mass is 10.1. The van der Waals surface area contributed by atoms with Crippen LogP contribution in [-0.2, 0) is 27.2 Å². The topological polar surface area (TPSA) is 94.5 Å². The van der Waals surface area contributed by atoms with Crippen molar-refractivity contribution in [2.24, 2.45) is 11.8 Å². The highest BCUT2D eigenvalue weighted by molar-refractivity contribution is 6.11. The number of anilines is 2. The third-order valence-electron chi connectivity index (χ3n) is 6.57. The Morgan fingerprint density at radius 1 is 1.25 bits per heavy atom. The molecule has 1 aliphatic heterocycles. The summed E-state index contributed by atoms with van der Waals surface area (Å²) in [4.78, 5) is 30.8. The van der Waals surface area contributed by atoms with E-state index in [0.29, 0.717) is 49.1 Å². The third kappa shape index (κ3) is 6.05. The van der Waals surface area contributed by atoms with Crippen LogP contribution in [0.4, 0.5) is 11.4 Å². The second-order valence-corrected chi connectivity index (χ2v) is 9.71. The molecule has 2 aromatic heterocycles. The Balaban J connectivity index is 1.70. The number of amides is 1. The zero-order valence-electron chi connectivity index (χ0n) is 21.4. The van der Waals surface area contributed by atoms with Gasteiger partial charge in [-0.2, -0.15) is 0 Å². The number of carbonyl (C=O) groups is 2. The largest absolute Gasteiger partial charge is 0.464 e.